The number of halogens is 1. The van der Waals surface area contributed by atoms with E-state index in [4.69, 9.17) is 20.4 Å². The molecule has 4 nitrogen and oxygen atoms in total. The van der Waals surface area contributed by atoms with Crippen LogP contribution in [0.2, 0.25) is 0 Å². The zero-order chi connectivity index (χ0) is 14.8. The van der Waals surface area contributed by atoms with Crippen LogP contribution < -0.4 is 10.5 Å². The molecular formula is C15H16FNO3. The Morgan fingerprint density at radius 1 is 1.15 bits per heavy atom. The van der Waals surface area contributed by atoms with Gasteiger partial charge < -0.3 is 15.6 Å². The van der Waals surface area contributed by atoms with Crippen LogP contribution in [0.15, 0.2) is 48.5 Å². The largest absolute Gasteiger partial charge is 0.489 e. The Morgan fingerprint density at radius 2 is 1.80 bits per heavy atom. The van der Waals surface area contributed by atoms with E-state index in [0.717, 1.165) is 16.9 Å². The molecule has 2 aromatic carbocycles. The summed E-state index contributed by atoms with van der Waals surface area (Å²) in [6, 6.07) is 13.9. The zero-order valence-electron chi connectivity index (χ0n) is 10.8. The molecule has 2 rings (SSSR count). The minimum Gasteiger partial charge on any atom is -0.489 e. The molecule has 106 valence electrons. The molecule has 0 amide bonds. The van der Waals surface area contributed by atoms with Crippen LogP contribution in [0.5, 0.6) is 5.75 Å². The summed E-state index contributed by atoms with van der Waals surface area (Å²) in [6.45, 7) is 0.629. The molecule has 0 aliphatic rings. The molecular weight excluding hydrogens is 261 g/mol. The maximum Gasteiger partial charge on any atom is 0.290 e. The molecule has 0 bridgehead atoms. The highest BCUT2D eigenvalue weighted by Crippen LogP contribution is 2.14. The van der Waals surface area contributed by atoms with Gasteiger partial charge in [0.2, 0.25) is 0 Å². The first kappa shape index (κ1) is 15.7. The number of benzene rings is 2. The lowest BCUT2D eigenvalue weighted by molar-refractivity contribution is -0.122. The molecule has 0 aliphatic carbocycles. The van der Waals surface area contributed by atoms with Gasteiger partial charge in [0.1, 0.15) is 18.2 Å². The first-order valence-electron chi connectivity index (χ1n) is 5.93. The Kier molecular flexibility index (Phi) is 6.78. The average molecular weight is 277 g/mol. The van der Waals surface area contributed by atoms with Gasteiger partial charge in [-0.1, -0.05) is 24.3 Å². The maximum atomic E-state index is 12.9. The summed E-state index contributed by atoms with van der Waals surface area (Å²) in [4.78, 5) is 8.36. The van der Waals surface area contributed by atoms with Gasteiger partial charge in [-0.2, -0.15) is 0 Å². The van der Waals surface area contributed by atoms with Crippen LogP contribution in [0.1, 0.15) is 11.1 Å². The fourth-order valence-corrected chi connectivity index (χ4v) is 1.52. The van der Waals surface area contributed by atoms with Crippen molar-refractivity contribution in [1.29, 1.82) is 0 Å². The van der Waals surface area contributed by atoms with E-state index < -0.39 is 0 Å². The minimum absolute atomic E-state index is 0.246. The number of rotatable bonds is 4. The quantitative estimate of drug-likeness (QED) is 0.842. The van der Waals surface area contributed by atoms with Crippen LogP contribution in [0.3, 0.4) is 0 Å². The molecule has 0 radical (unpaired) electrons. The van der Waals surface area contributed by atoms with Crippen molar-refractivity contribution >= 4 is 6.47 Å². The molecule has 0 aliphatic heterocycles. The molecule has 0 saturated carbocycles. The summed E-state index contributed by atoms with van der Waals surface area (Å²) in [5.41, 5.74) is 7.37. The van der Waals surface area contributed by atoms with Crippen molar-refractivity contribution in [1.82, 2.24) is 0 Å². The van der Waals surface area contributed by atoms with Crippen LogP contribution in [0.4, 0.5) is 4.39 Å². The molecule has 0 unspecified atom stereocenters. The van der Waals surface area contributed by atoms with Crippen molar-refractivity contribution in [2.45, 2.75) is 13.2 Å². The summed E-state index contributed by atoms with van der Waals surface area (Å²) in [6.07, 6.45) is 0. The SMILES string of the molecule is NCc1ccc(OCc2cccc(F)c2)cc1.O=CO. The van der Waals surface area contributed by atoms with Crippen LogP contribution in [-0.2, 0) is 17.9 Å². The predicted molar refractivity (Wildman–Crippen MR) is 73.8 cm³/mol. The van der Waals surface area contributed by atoms with Crippen LogP contribution in [0.25, 0.3) is 0 Å². The van der Waals surface area contributed by atoms with Gasteiger partial charge in [0.05, 0.1) is 0 Å². The third kappa shape index (κ3) is 5.49. The molecule has 0 atom stereocenters. The van der Waals surface area contributed by atoms with Crippen LogP contribution in [-0.4, -0.2) is 11.6 Å². The number of carbonyl (C=O) groups is 1. The van der Waals surface area contributed by atoms with Crippen LogP contribution in [0, 0.1) is 5.82 Å². The highest BCUT2D eigenvalue weighted by atomic mass is 19.1. The fraction of sp³-hybridized carbons (Fsp3) is 0.133. The van der Waals surface area contributed by atoms with Gasteiger partial charge in [-0.05, 0) is 35.4 Å². The number of ether oxygens (including phenoxy) is 1. The van der Waals surface area contributed by atoms with E-state index in [0.29, 0.717) is 13.2 Å². The van der Waals surface area contributed by atoms with Crippen molar-refractivity contribution in [2.24, 2.45) is 5.73 Å². The monoisotopic (exact) mass is 277 g/mol. The Hall–Kier alpha value is -2.40. The molecule has 0 spiro atoms. The second-order valence-electron chi connectivity index (χ2n) is 3.87. The van der Waals surface area contributed by atoms with E-state index in [1.165, 1.54) is 12.1 Å². The van der Waals surface area contributed by atoms with E-state index in [9.17, 15) is 4.39 Å². The van der Waals surface area contributed by atoms with E-state index in [1.54, 1.807) is 6.07 Å². The number of hydrogen-bond acceptors (Lipinski definition) is 3. The number of carboxylic acid groups (broad SMARTS) is 1. The van der Waals surface area contributed by atoms with Crippen molar-refractivity contribution < 1.29 is 19.0 Å². The highest BCUT2D eigenvalue weighted by Gasteiger charge is 1.97. The zero-order valence-corrected chi connectivity index (χ0v) is 10.8. The smallest absolute Gasteiger partial charge is 0.290 e. The molecule has 0 aromatic heterocycles. The minimum atomic E-state index is -0.250. The maximum absolute atomic E-state index is 12.9. The summed E-state index contributed by atoms with van der Waals surface area (Å²) in [5, 5.41) is 6.89. The predicted octanol–water partition coefficient (Wildman–Crippen LogP) is 2.56. The fourth-order valence-electron chi connectivity index (χ4n) is 1.52. The third-order valence-corrected chi connectivity index (χ3v) is 2.45. The average Bonchev–Trinajstić information content (AvgIpc) is 2.47. The normalized spacial score (nSPS) is 9.30. The summed E-state index contributed by atoms with van der Waals surface area (Å²) in [5.74, 6) is 0.510. The van der Waals surface area contributed by atoms with Gasteiger partial charge in [0.25, 0.3) is 6.47 Å². The topological polar surface area (TPSA) is 72.5 Å². The first-order chi connectivity index (χ1) is 9.69. The van der Waals surface area contributed by atoms with Gasteiger partial charge in [-0.15, -0.1) is 0 Å². The molecule has 0 fully saturated rings. The van der Waals surface area contributed by atoms with E-state index in [1.807, 2.05) is 30.3 Å². The number of hydrogen-bond donors (Lipinski definition) is 2. The highest BCUT2D eigenvalue weighted by molar-refractivity contribution is 5.32. The van der Waals surface area contributed by atoms with Gasteiger partial charge in [0, 0.05) is 6.54 Å². The summed E-state index contributed by atoms with van der Waals surface area (Å²) >= 11 is 0. The van der Waals surface area contributed by atoms with Gasteiger partial charge in [-0.25, -0.2) is 4.39 Å². The lowest BCUT2D eigenvalue weighted by Crippen LogP contribution is -1.98. The first-order valence-corrected chi connectivity index (χ1v) is 5.93. The second kappa shape index (κ2) is 8.66. The Morgan fingerprint density at radius 3 is 2.35 bits per heavy atom. The Bertz CT molecular complexity index is 529. The van der Waals surface area contributed by atoms with Crippen molar-refractivity contribution in [3.63, 3.8) is 0 Å². The molecule has 20 heavy (non-hydrogen) atoms. The summed E-state index contributed by atoms with van der Waals surface area (Å²) < 4.78 is 18.5. The lowest BCUT2D eigenvalue weighted by atomic mass is 10.2. The van der Waals surface area contributed by atoms with Crippen molar-refractivity contribution in [3.8, 4) is 5.75 Å². The molecule has 3 N–H and O–H groups in total. The molecule has 0 heterocycles. The molecule has 0 saturated heterocycles. The van der Waals surface area contributed by atoms with Crippen molar-refractivity contribution in [2.75, 3.05) is 0 Å². The van der Waals surface area contributed by atoms with Crippen LogP contribution >= 0.6 is 0 Å². The van der Waals surface area contributed by atoms with E-state index in [2.05, 4.69) is 0 Å². The van der Waals surface area contributed by atoms with Gasteiger partial charge in [0.15, 0.2) is 0 Å². The molecule has 2 aromatic rings. The van der Waals surface area contributed by atoms with Crippen molar-refractivity contribution in [3.05, 3.63) is 65.5 Å². The van der Waals surface area contributed by atoms with E-state index >= 15 is 0 Å². The summed E-state index contributed by atoms with van der Waals surface area (Å²) in [7, 11) is 0. The number of nitrogens with two attached hydrogens (primary N) is 1. The molecule has 5 heteroatoms. The van der Waals surface area contributed by atoms with E-state index in [-0.39, 0.29) is 12.3 Å². The second-order valence-corrected chi connectivity index (χ2v) is 3.87. The third-order valence-electron chi connectivity index (χ3n) is 2.45. The standard InChI is InChI=1S/C14H14FNO.CH2O2/c15-13-3-1-2-12(8-13)10-17-14-6-4-11(9-16)5-7-14;2-1-3/h1-8H,9-10,16H2;1H,(H,2,3). The Labute approximate surface area is 116 Å². The van der Waals surface area contributed by atoms with Gasteiger partial charge in [-0.3, -0.25) is 4.79 Å². The van der Waals surface area contributed by atoms with Gasteiger partial charge >= 0.3 is 0 Å². The Balaban J connectivity index is 0.000000612. The lowest BCUT2D eigenvalue weighted by Gasteiger charge is -2.06.